The highest BCUT2D eigenvalue weighted by Crippen LogP contribution is 2.20. The second-order valence-corrected chi connectivity index (χ2v) is 5.99. The Labute approximate surface area is 143 Å². The SMILES string of the molecule is CCCNC(=O)c1cncc(C(=O)Nc2ccc(Br)c(C)c2)c1. The number of benzene rings is 1. The van der Waals surface area contributed by atoms with Crippen LogP contribution in [0.3, 0.4) is 0 Å². The summed E-state index contributed by atoms with van der Waals surface area (Å²) in [4.78, 5) is 28.2. The fourth-order valence-electron chi connectivity index (χ4n) is 1.95. The number of carbonyl (C=O) groups excluding carboxylic acids is 2. The highest BCUT2D eigenvalue weighted by atomic mass is 79.9. The number of nitrogens with zero attached hydrogens (tertiary/aromatic N) is 1. The van der Waals surface area contributed by atoms with E-state index >= 15 is 0 Å². The lowest BCUT2D eigenvalue weighted by Gasteiger charge is -2.08. The smallest absolute Gasteiger partial charge is 0.257 e. The average Bonchev–Trinajstić information content (AvgIpc) is 2.56. The van der Waals surface area contributed by atoms with E-state index in [4.69, 9.17) is 0 Å². The molecule has 2 aromatic rings. The molecule has 0 unspecified atom stereocenters. The Balaban J connectivity index is 2.13. The molecule has 0 bridgehead atoms. The summed E-state index contributed by atoms with van der Waals surface area (Å²) in [6, 6.07) is 7.09. The number of aromatic nitrogens is 1. The number of aryl methyl sites for hydroxylation is 1. The van der Waals surface area contributed by atoms with Crippen LogP contribution in [0.25, 0.3) is 0 Å². The molecule has 0 saturated carbocycles. The lowest BCUT2D eigenvalue weighted by atomic mass is 10.1. The summed E-state index contributed by atoms with van der Waals surface area (Å²) in [5, 5.41) is 5.57. The van der Waals surface area contributed by atoms with Gasteiger partial charge in [-0.1, -0.05) is 22.9 Å². The molecule has 2 N–H and O–H groups in total. The van der Waals surface area contributed by atoms with E-state index in [0.29, 0.717) is 23.4 Å². The van der Waals surface area contributed by atoms with Gasteiger partial charge in [0.05, 0.1) is 11.1 Å². The minimum atomic E-state index is -0.302. The number of hydrogen-bond donors (Lipinski definition) is 2. The van der Waals surface area contributed by atoms with Crippen LogP contribution in [0.15, 0.2) is 41.1 Å². The third kappa shape index (κ3) is 4.63. The standard InChI is InChI=1S/C17H18BrN3O2/c1-3-6-20-16(22)12-8-13(10-19-9-12)17(23)21-14-4-5-15(18)11(2)7-14/h4-5,7-10H,3,6H2,1-2H3,(H,20,22)(H,21,23). The highest BCUT2D eigenvalue weighted by Gasteiger charge is 2.11. The maximum atomic E-state index is 12.3. The van der Waals surface area contributed by atoms with Gasteiger partial charge in [0.15, 0.2) is 0 Å². The van der Waals surface area contributed by atoms with Crippen molar-refractivity contribution in [3.63, 3.8) is 0 Å². The summed E-state index contributed by atoms with van der Waals surface area (Å²) < 4.78 is 0.978. The molecular weight excluding hydrogens is 358 g/mol. The van der Waals surface area contributed by atoms with Crippen LogP contribution in [-0.2, 0) is 0 Å². The molecule has 0 radical (unpaired) electrons. The van der Waals surface area contributed by atoms with Crippen LogP contribution in [0.4, 0.5) is 5.69 Å². The van der Waals surface area contributed by atoms with Gasteiger partial charge in [0, 0.05) is 29.1 Å². The molecule has 120 valence electrons. The van der Waals surface area contributed by atoms with E-state index in [1.807, 2.05) is 26.0 Å². The quantitative estimate of drug-likeness (QED) is 0.839. The van der Waals surface area contributed by atoms with Gasteiger partial charge >= 0.3 is 0 Å². The number of carbonyl (C=O) groups is 2. The number of amides is 2. The molecule has 0 fully saturated rings. The molecule has 23 heavy (non-hydrogen) atoms. The van der Waals surface area contributed by atoms with Crippen molar-refractivity contribution in [2.24, 2.45) is 0 Å². The maximum Gasteiger partial charge on any atom is 0.257 e. The molecule has 2 rings (SSSR count). The molecule has 1 heterocycles. The van der Waals surface area contributed by atoms with Crippen LogP contribution in [0.2, 0.25) is 0 Å². The number of hydrogen-bond acceptors (Lipinski definition) is 3. The Hall–Kier alpha value is -2.21. The molecule has 0 saturated heterocycles. The Morgan fingerprint density at radius 1 is 1.13 bits per heavy atom. The van der Waals surface area contributed by atoms with Gasteiger partial charge in [0.1, 0.15) is 0 Å². The van der Waals surface area contributed by atoms with Gasteiger partial charge in [-0.2, -0.15) is 0 Å². The number of halogens is 1. The predicted molar refractivity (Wildman–Crippen MR) is 93.7 cm³/mol. The van der Waals surface area contributed by atoms with Crippen LogP contribution in [0.1, 0.15) is 39.6 Å². The van der Waals surface area contributed by atoms with E-state index < -0.39 is 0 Å². The van der Waals surface area contributed by atoms with Crippen molar-refractivity contribution in [1.29, 1.82) is 0 Å². The molecule has 0 aliphatic rings. The summed E-state index contributed by atoms with van der Waals surface area (Å²) in [6.07, 6.45) is 3.74. The fraction of sp³-hybridized carbons (Fsp3) is 0.235. The average molecular weight is 376 g/mol. The van der Waals surface area contributed by atoms with Gasteiger partial charge in [-0.15, -0.1) is 0 Å². The van der Waals surface area contributed by atoms with Gasteiger partial charge in [-0.3, -0.25) is 14.6 Å². The van der Waals surface area contributed by atoms with Gasteiger partial charge < -0.3 is 10.6 Å². The van der Waals surface area contributed by atoms with Gasteiger partial charge in [-0.25, -0.2) is 0 Å². The predicted octanol–water partition coefficient (Wildman–Crippen LogP) is 3.54. The maximum absolute atomic E-state index is 12.3. The van der Waals surface area contributed by atoms with Crippen molar-refractivity contribution in [3.05, 3.63) is 57.8 Å². The first-order chi connectivity index (χ1) is 11.0. The Kier molecular flexibility index (Phi) is 5.87. The summed E-state index contributed by atoms with van der Waals surface area (Å²) in [5.41, 5.74) is 2.43. The summed E-state index contributed by atoms with van der Waals surface area (Å²) in [5.74, 6) is -0.530. The fourth-order valence-corrected chi connectivity index (χ4v) is 2.20. The minimum Gasteiger partial charge on any atom is -0.352 e. The van der Waals surface area contributed by atoms with Gasteiger partial charge in [0.25, 0.3) is 11.8 Å². The molecule has 0 spiro atoms. The van der Waals surface area contributed by atoms with E-state index in [1.54, 1.807) is 12.1 Å². The summed E-state index contributed by atoms with van der Waals surface area (Å²) in [7, 11) is 0. The van der Waals surface area contributed by atoms with Crippen molar-refractivity contribution in [3.8, 4) is 0 Å². The van der Waals surface area contributed by atoms with Crippen LogP contribution >= 0.6 is 15.9 Å². The van der Waals surface area contributed by atoms with Crippen molar-refractivity contribution in [1.82, 2.24) is 10.3 Å². The molecule has 1 aromatic carbocycles. The molecule has 6 heteroatoms. The normalized spacial score (nSPS) is 10.2. The van der Waals surface area contributed by atoms with Gasteiger partial charge in [-0.05, 0) is 43.2 Å². The molecule has 0 aliphatic carbocycles. The number of nitrogens with one attached hydrogen (secondary N) is 2. The van der Waals surface area contributed by atoms with Crippen LogP contribution < -0.4 is 10.6 Å². The van der Waals surface area contributed by atoms with Crippen LogP contribution in [0.5, 0.6) is 0 Å². The van der Waals surface area contributed by atoms with E-state index in [0.717, 1.165) is 16.5 Å². The van der Waals surface area contributed by atoms with Crippen LogP contribution in [-0.4, -0.2) is 23.3 Å². The first-order valence-electron chi connectivity index (χ1n) is 7.32. The second-order valence-electron chi connectivity index (χ2n) is 5.14. The van der Waals surface area contributed by atoms with Gasteiger partial charge in [0.2, 0.25) is 0 Å². The lowest BCUT2D eigenvalue weighted by molar-refractivity contribution is 0.0953. The zero-order valence-electron chi connectivity index (χ0n) is 13.0. The monoisotopic (exact) mass is 375 g/mol. The van der Waals surface area contributed by atoms with Crippen LogP contribution in [0, 0.1) is 6.92 Å². The van der Waals surface area contributed by atoms with Crippen molar-refractivity contribution in [2.45, 2.75) is 20.3 Å². The lowest BCUT2D eigenvalue weighted by Crippen LogP contribution is -2.24. The number of rotatable bonds is 5. The highest BCUT2D eigenvalue weighted by molar-refractivity contribution is 9.10. The first kappa shape index (κ1) is 17.1. The van der Waals surface area contributed by atoms with E-state index in [9.17, 15) is 9.59 Å². The molecular formula is C17H18BrN3O2. The summed E-state index contributed by atoms with van der Waals surface area (Å²) >= 11 is 3.42. The van der Waals surface area contributed by atoms with Crippen molar-refractivity contribution in [2.75, 3.05) is 11.9 Å². The second kappa shape index (κ2) is 7.87. The largest absolute Gasteiger partial charge is 0.352 e. The zero-order chi connectivity index (χ0) is 16.8. The Morgan fingerprint density at radius 3 is 2.48 bits per heavy atom. The molecule has 0 aliphatic heterocycles. The van der Waals surface area contributed by atoms with E-state index in [1.165, 1.54) is 12.4 Å². The van der Waals surface area contributed by atoms with E-state index in [-0.39, 0.29) is 11.8 Å². The van der Waals surface area contributed by atoms with Crippen molar-refractivity contribution >= 4 is 33.4 Å². The number of anilines is 1. The van der Waals surface area contributed by atoms with E-state index in [2.05, 4.69) is 31.5 Å². The molecule has 2 amide bonds. The molecule has 0 atom stereocenters. The summed E-state index contributed by atoms with van der Waals surface area (Å²) in [6.45, 7) is 4.51. The molecule has 5 nitrogen and oxygen atoms in total. The molecule has 1 aromatic heterocycles. The number of pyridine rings is 1. The Morgan fingerprint density at radius 2 is 1.83 bits per heavy atom. The minimum absolute atomic E-state index is 0.228. The topological polar surface area (TPSA) is 71.1 Å². The first-order valence-corrected chi connectivity index (χ1v) is 8.11. The van der Waals surface area contributed by atoms with Crippen molar-refractivity contribution < 1.29 is 9.59 Å². The third-order valence-corrected chi connectivity index (χ3v) is 4.10. The Bertz CT molecular complexity index is 732. The third-order valence-electron chi connectivity index (χ3n) is 3.21. The zero-order valence-corrected chi connectivity index (χ0v) is 14.6.